The maximum absolute atomic E-state index is 10.6. The lowest BCUT2D eigenvalue weighted by atomic mass is 9.46. The molecule has 0 aromatic rings. The second-order valence-electron chi connectivity index (χ2n) is 10.0. The van der Waals surface area contributed by atoms with Gasteiger partial charge in [-0.25, -0.2) is 0 Å². The summed E-state index contributed by atoms with van der Waals surface area (Å²) in [5.74, 6) is 1.86. The van der Waals surface area contributed by atoms with Gasteiger partial charge in [0.15, 0.2) is 0 Å². The smallest absolute Gasteiger partial charge is 0.0911 e. The highest BCUT2D eigenvalue weighted by molar-refractivity contribution is 5.33. The summed E-state index contributed by atoms with van der Waals surface area (Å²) in [7, 11) is 1.87. The molecule has 0 radical (unpaired) electrons. The minimum Gasteiger partial charge on any atom is -0.386 e. The first-order valence-electron chi connectivity index (χ1n) is 10.3. The van der Waals surface area contributed by atoms with Crippen molar-refractivity contribution >= 4 is 0 Å². The highest BCUT2D eigenvalue weighted by atomic mass is 16.5. The second kappa shape index (κ2) is 5.94. The third-order valence-electron chi connectivity index (χ3n) is 8.67. The Labute approximate surface area is 158 Å². The number of rotatable bonds is 1. The highest BCUT2D eigenvalue weighted by Crippen LogP contribution is 2.67. The molecule has 0 heterocycles. The van der Waals surface area contributed by atoms with Crippen LogP contribution in [0, 0.1) is 39.9 Å². The van der Waals surface area contributed by atoms with Gasteiger partial charge >= 0.3 is 0 Å². The zero-order valence-electron chi connectivity index (χ0n) is 16.7. The molecule has 4 aliphatic carbocycles. The van der Waals surface area contributed by atoms with Crippen molar-refractivity contribution in [2.75, 3.05) is 7.11 Å². The van der Waals surface area contributed by atoms with Gasteiger partial charge in [0.25, 0.3) is 0 Å². The van der Waals surface area contributed by atoms with Gasteiger partial charge in [-0.1, -0.05) is 31.1 Å². The summed E-state index contributed by atoms with van der Waals surface area (Å²) in [4.78, 5) is 0. The molecule has 4 rings (SSSR count). The first kappa shape index (κ1) is 18.3. The molecule has 0 unspecified atom stereocenters. The summed E-state index contributed by atoms with van der Waals surface area (Å²) >= 11 is 0. The molecule has 0 aliphatic heterocycles. The number of nitrogens with zero attached hydrogens (tertiary/aromatic N) is 1. The summed E-state index contributed by atoms with van der Waals surface area (Å²) in [6.07, 6.45) is 11.7. The minimum absolute atomic E-state index is 0.120. The molecule has 0 amide bonds. The largest absolute Gasteiger partial charge is 0.386 e. The van der Waals surface area contributed by atoms with Crippen LogP contribution in [-0.2, 0) is 4.74 Å². The maximum Gasteiger partial charge on any atom is 0.0911 e. The minimum atomic E-state index is -0.649. The Morgan fingerprint density at radius 2 is 1.96 bits per heavy atom. The van der Waals surface area contributed by atoms with Gasteiger partial charge in [-0.3, -0.25) is 0 Å². The Bertz CT molecular complexity index is 699. The molecule has 0 aromatic carbocycles. The number of fused-ring (bicyclic) bond motifs is 5. The average Bonchev–Trinajstić information content (AvgIpc) is 2.91. The number of methoxy groups -OCH3 is 1. The van der Waals surface area contributed by atoms with Crippen molar-refractivity contribution in [2.45, 2.75) is 77.4 Å². The van der Waals surface area contributed by atoms with Gasteiger partial charge in [0.2, 0.25) is 0 Å². The normalized spacial score (nSPS) is 51.8. The Balaban J connectivity index is 1.75. The van der Waals surface area contributed by atoms with Gasteiger partial charge in [-0.05, 0) is 80.5 Å². The lowest BCUT2D eigenvalue weighted by Crippen LogP contribution is -2.57. The van der Waals surface area contributed by atoms with E-state index >= 15 is 0 Å². The molecule has 0 spiro atoms. The fraction of sp³-hybridized carbons (Fsp3) is 0.783. The highest BCUT2D eigenvalue weighted by Gasteiger charge is 2.61. The molecule has 4 aliphatic rings. The van der Waals surface area contributed by atoms with Crippen LogP contribution in [0.4, 0.5) is 0 Å². The Morgan fingerprint density at radius 1 is 1.19 bits per heavy atom. The molecule has 0 bridgehead atoms. The van der Waals surface area contributed by atoms with E-state index in [1.165, 1.54) is 24.0 Å². The van der Waals surface area contributed by atoms with Crippen molar-refractivity contribution in [3.05, 3.63) is 23.3 Å². The quantitative estimate of drug-likeness (QED) is 0.544. The van der Waals surface area contributed by atoms with E-state index in [4.69, 9.17) is 4.74 Å². The summed E-state index contributed by atoms with van der Waals surface area (Å²) < 4.78 is 6.13. The van der Waals surface area contributed by atoms with Crippen molar-refractivity contribution in [1.82, 2.24) is 0 Å². The first-order chi connectivity index (χ1) is 12.2. The third-order valence-corrected chi connectivity index (χ3v) is 8.67. The SMILES string of the molecule is CO[C@H]1C[C@]2(C)/C(=C\C#N)CC[C@H]2[C@@H]2CCC3=C[C@](C)(O)CC[C@]3(C)[C@H]21. The summed E-state index contributed by atoms with van der Waals surface area (Å²) in [6, 6.07) is 2.29. The number of ether oxygens (including phenoxy) is 1. The van der Waals surface area contributed by atoms with Crippen molar-refractivity contribution in [2.24, 2.45) is 28.6 Å². The van der Waals surface area contributed by atoms with Crippen LogP contribution in [0.3, 0.4) is 0 Å². The Kier molecular flexibility index (Phi) is 4.18. The zero-order valence-corrected chi connectivity index (χ0v) is 16.7. The van der Waals surface area contributed by atoms with E-state index in [0.29, 0.717) is 17.8 Å². The van der Waals surface area contributed by atoms with Crippen molar-refractivity contribution in [3.63, 3.8) is 0 Å². The molecule has 26 heavy (non-hydrogen) atoms. The lowest BCUT2D eigenvalue weighted by Gasteiger charge is -2.60. The lowest BCUT2D eigenvalue weighted by molar-refractivity contribution is -0.129. The second-order valence-corrected chi connectivity index (χ2v) is 10.0. The number of nitriles is 1. The van der Waals surface area contributed by atoms with Gasteiger partial charge in [0.1, 0.15) is 0 Å². The van der Waals surface area contributed by atoms with Gasteiger partial charge in [0, 0.05) is 13.2 Å². The van der Waals surface area contributed by atoms with Crippen LogP contribution < -0.4 is 0 Å². The molecule has 3 saturated carbocycles. The molecule has 3 fully saturated rings. The molecule has 142 valence electrons. The van der Waals surface area contributed by atoms with E-state index in [-0.39, 0.29) is 16.9 Å². The van der Waals surface area contributed by atoms with Gasteiger partial charge in [-0.2, -0.15) is 5.26 Å². The zero-order chi connectivity index (χ0) is 18.7. The maximum atomic E-state index is 10.6. The monoisotopic (exact) mass is 355 g/mol. The van der Waals surface area contributed by atoms with Crippen LogP contribution in [0.5, 0.6) is 0 Å². The van der Waals surface area contributed by atoms with E-state index in [9.17, 15) is 10.4 Å². The molecule has 0 saturated heterocycles. The summed E-state index contributed by atoms with van der Waals surface area (Å²) in [6.45, 7) is 6.77. The fourth-order valence-electron chi connectivity index (χ4n) is 7.35. The number of hydrogen-bond donors (Lipinski definition) is 1. The standard InChI is InChI=1S/C23H33NO2/c1-21(25)10-11-22(2)16(13-21)5-7-17-18-8-6-15(9-12-24)23(18,3)14-19(26-4)20(17)22/h9,13,17-20,25H,5-8,10-11,14H2,1-4H3/b15-9-/t17-,18-,19-,20+,21+,22-,23+/m0/s1. The van der Waals surface area contributed by atoms with Crippen LogP contribution in [0.15, 0.2) is 23.3 Å². The van der Waals surface area contributed by atoms with Gasteiger partial charge in [-0.15, -0.1) is 0 Å². The first-order valence-corrected chi connectivity index (χ1v) is 10.3. The number of hydrogen-bond acceptors (Lipinski definition) is 3. The average molecular weight is 356 g/mol. The molecular weight excluding hydrogens is 322 g/mol. The van der Waals surface area contributed by atoms with E-state index in [0.717, 1.165) is 32.1 Å². The predicted molar refractivity (Wildman–Crippen MR) is 102 cm³/mol. The summed E-state index contributed by atoms with van der Waals surface area (Å²) in [5, 5.41) is 19.8. The summed E-state index contributed by atoms with van der Waals surface area (Å²) in [5.41, 5.74) is 2.43. The van der Waals surface area contributed by atoms with Crippen LogP contribution in [0.2, 0.25) is 0 Å². The van der Waals surface area contributed by atoms with E-state index in [1.807, 2.05) is 20.1 Å². The van der Waals surface area contributed by atoms with Crippen LogP contribution >= 0.6 is 0 Å². The molecule has 1 N–H and O–H groups in total. The van der Waals surface area contributed by atoms with Crippen LogP contribution in [-0.4, -0.2) is 23.9 Å². The Morgan fingerprint density at radius 3 is 2.65 bits per heavy atom. The molecule has 3 heteroatoms. The topological polar surface area (TPSA) is 53.2 Å². The number of aliphatic hydroxyl groups is 1. The van der Waals surface area contributed by atoms with E-state index in [1.54, 1.807) is 0 Å². The van der Waals surface area contributed by atoms with Gasteiger partial charge in [0.05, 0.1) is 17.8 Å². The molecule has 3 nitrogen and oxygen atoms in total. The number of allylic oxidation sites excluding steroid dienone is 3. The van der Waals surface area contributed by atoms with Crippen molar-refractivity contribution < 1.29 is 9.84 Å². The van der Waals surface area contributed by atoms with Crippen molar-refractivity contribution in [3.8, 4) is 6.07 Å². The predicted octanol–water partition coefficient (Wildman–Crippen LogP) is 4.78. The van der Waals surface area contributed by atoms with Gasteiger partial charge < -0.3 is 9.84 Å². The molecule has 0 aromatic heterocycles. The van der Waals surface area contributed by atoms with E-state index in [2.05, 4.69) is 26.0 Å². The van der Waals surface area contributed by atoms with Crippen molar-refractivity contribution in [1.29, 1.82) is 5.26 Å². The third kappa shape index (κ3) is 2.45. The van der Waals surface area contributed by atoms with Crippen LogP contribution in [0.25, 0.3) is 0 Å². The van der Waals surface area contributed by atoms with E-state index < -0.39 is 5.60 Å². The molecular formula is C23H33NO2. The Hall–Kier alpha value is -1.11. The van der Waals surface area contributed by atoms with Crippen LogP contribution in [0.1, 0.15) is 65.7 Å². The molecule has 7 atom stereocenters. The fourth-order valence-corrected chi connectivity index (χ4v) is 7.35.